The highest BCUT2D eigenvalue weighted by Gasteiger charge is 2.10. The van der Waals surface area contributed by atoms with Crippen LogP contribution in [0.3, 0.4) is 0 Å². The predicted molar refractivity (Wildman–Crippen MR) is 75.2 cm³/mol. The third-order valence-electron chi connectivity index (χ3n) is 2.93. The van der Waals surface area contributed by atoms with Gasteiger partial charge in [0.2, 0.25) is 0 Å². The molecule has 1 aromatic carbocycles. The lowest BCUT2D eigenvalue weighted by atomic mass is 10.2. The Hall–Kier alpha value is -2.08. The number of ether oxygens (including phenoxy) is 1. The quantitative estimate of drug-likeness (QED) is 0.788. The summed E-state index contributed by atoms with van der Waals surface area (Å²) in [6, 6.07) is 4.57. The number of hydrogen-bond acceptors (Lipinski definition) is 3. The van der Waals surface area contributed by atoms with Crippen LogP contribution in [-0.4, -0.2) is 33.8 Å². The molecule has 0 unspecified atom stereocenters. The van der Waals surface area contributed by atoms with Crippen LogP contribution in [0.1, 0.15) is 24.2 Å². The number of imidazole rings is 1. The maximum absolute atomic E-state index is 11.9. The zero-order valence-corrected chi connectivity index (χ0v) is 11.5. The summed E-state index contributed by atoms with van der Waals surface area (Å²) in [5.74, 6) is -0.573. The first-order valence-electron chi connectivity index (χ1n) is 6.52. The monoisotopic (exact) mass is 278 g/mol. The number of carboxylic acid groups (broad SMARTS) is 1. The Balaban J connectivity index is 2.23. The molecule has 6 nitrogen and oxygen atoms in total. The van der Waals surface area contributed by atoms with Crippen molar-refractivity contribution in [1.82, 2.24) is 9.55 Å². The molecule has 0 fully saturated rings. The summed E-state index contributed by atoms with van der Waals surface area (Å²) < 4.78 is 6.96. The number of hydrogen-bond donors (Lipinski definition) is 2. The molecule has 108 valence electrons. The number of fused-ring (bicyclic) bond motifs is 1. The van der Waals surface area contributed by atoms with E-state index in [-0.39, 0.29) is 11.3 Å². The van der Waals surface area contributed by atoms with Gasteiger partial charge in [0, 0.05) is 6.61 Å². The Morgan fingerprint density at radius 3 is 2.85 bits per heavy atom. The fraction of sp³-hybridized carbons (Fsp3) is 0.429. The number of nitrogens with one attached hydrogen (secondary N) is 1. The van der Waals surface area contributed by atoms with Gasteiger partial charge in [0.1, 0.15) is 0 Å². The molecule has 1 aromatic heterocycles. The van der Waals surface area contributed by atoms with Gasteiger partial charge in [-0.15, -0.1) is 0 Å². The van der Waals surface area contributed by atoms with Crippen molar-refractivity contribution in [2.45, 2.75) is 20.4 Å². The van der Waals surface area contributed by atoms with Crippen LogP contribution in [-0.2, 0) is 11.3 Å². The minimum atomic E-state index is -1.01. The number of nitrogens with zero attached hydrogens (tertiary/aromatic N) is 1. The van der Waals surface area contributed by atoms with E-state index >= 15 is 0 Å². The number of rotatable bonds is 6. The van der Waals surface area contributed by atoms with Crippen LogP contribution in [0.15, 0.2) is 23.0 Å². The lowest BCUT2D eigenvalue weighted by Gasteiger charge is -2.07. The maximum Gasteiger partial charge on any atom is 0.335 e. The van der Waals surface area contributed by atoms with E-state index in [1.807, 2.05) is 0 Å². The molecular formula is C14H18N2O4. The van der Waals surface area contributed by atoms with Crippen LogP contribution in [0.4, 0.5) is 0 Å². The smallest absolute Gasteiger partial charge is 0.335 e. The van der Waals surface area contributed by atoms with E-state index in [0.29, 0.717) is 36.7 Å². The molecule has 2 rings (SSSR count). The third kappa shape index (κ3) is 3.08. The maximum atomic E-state index is 11.9. The Bertz CT molecular complexity index is 669. The van der Waals surface area contributed by atoms with E-state index in [0.717, 1.165) is 0 Å². The van der Waals surface area contributed by atoms with Crippen LogP contribution < -0.4 is 5.69 Å². The van der Waals surface area contributed by atoms with Gasteiger partial charge in [-0.25, -0.2) is 9.59 Å². The van der Waals surface area contributed by atoms with Crippen molar-refractivity contribution in [2.75, 3.05) is 13.2 Å². The fourth-order valence-electron chi connectivity index (χ4n) is 1.98. The van der Waals surface area contributed by atoms with E-state index in [2.05, 4.69) is 18.8 Å². The van der Waals surface area contributed by atoms with E-state index < -0.39 is 5.97 Å². The molecule has 0 radical (unpaired) electrons. The minimum Gasteiger partial charge on any atom is -0.478 e. The van der Waals surface area contributed by atoms with Crippen LogP contribution in [0, 0.1) is 5.92 Å². The zero-order valence-electron chi connectivity index (χ0n) is 11.5. The number of carbonyl (C=O) groups is 1. The van der Waals surface area contributed by atoms with Gasteiger partial charge in [0.05, 0.1) is 29.7 Å². The average molecular weight is 278 g/mol. The van der Waals surface area contributed by atoms with Crippen molar-refractivity contribution >= 4 is 17.0 Å². The van der Waals surface area contributed by atoms with Gasteiger partial charge in [-0.3, -0.25) is 4.57 Å². The first-order valence-corrected chi connectivity index (χ1v) is 6.52. The van der Waals surface area contributed by atoms with E-state index in [1.165, 1.54) is 16.7 Å². The van der Waals surface area contributed by atoms with E-state index in [4.69, 9.17) is 9.84 Å². The van der Waals surface area contributed by atoms with Gasteiger partial charge in [-0.1, -0.05) is 13.8 Å². The molecule has 0 atom stereocenters. The summed E-state index contributed by atoms with van der Waals surface area (Å²) in [5.41, 5.74) is 1.12. The van der Waals surface area contributed by atoms with Gasteiger partial charge in [0.15, 0.2) is 0 Å². The first kappa shape index (κ1) is 14.3. The van der Waals surface area contributed by atoms with Gasteiger partial charge in [0.25, 0.3) is 0 Å². The molecule has 0 spiro atoms. The van der Waals surface area contributed by atoms with Crippen molar-refractivity contribution < 1.29 is 14.6 Å². The lowest BCUT2D eigenvalue weighted by Crippen LogP contribution is -2.20. The molecule has 0 aliphatic rings. The number of aromatic nitrogens is 2. The van der Waals surface area contributed by atoms with Gasteiger partial charge >= 0.3 is 11.7 Å². The molecular weight excluding hydrogens is 260 g/mol. The second-order valence-electron chi connectivity index (χ2n) is 5.09. The molecule has 0 amide bonds. The molecule has 2 N–H and O–H groups in total. The van der Waals surface area contributed by atoms with Crippen molar-refractivity contribution in [3.05, 3.63) is 34.2 Å². The Kier molecular flexibility index (Phi) is 4.24. The summed E-state index contributed by atoms with van der Waals surface area (Å²) in [5, 5.41) is 8.99. The van der Waals surface area contributed by atoms with Crippen molar-refractivity contribution in [3.8, 4) is 0 Å². The second-order valence-corrected chi connectivity index (χ2v) is 5.09. The largest absolute Gasteiger partial charge is 0.478 e. The molecule has 20 heavy (non-hydrogen) atoms. The van der Waals surface area contributed by atoms with Crippen molar-refractivity contribution in [1.29, 1.82) is 0 Å². The highest BCUT2D eigenvalue weighted by molar-refractivity contribution is 5.92. The highest BCUT2D eigenvalue weighted by Crippen LogP contribution is 2.13. The van der Waals surface area contributed by atoms with Crippen LogP contribution in [0.2, 0.25) is 0 Å². The molecule has 0 saturated heterocycles. The summed E-state index contributed by atoms with van der Waals surface area (Å²) in [7, 11) is 0. The number of carboxylic acids is 1. The number of benzene rings is 1. The molecule has 0 saturated carbocycles. The summed E-state index contributed by atoms with van der Waals surface area (Å²) in [6.45, 7) is 5.56. The van der Waals surface area contributed by atoms with Gasteiger partial charge in [-0.2, -0.15) is 0 Å². The Labute approximate surface area is 116 Å². The molecule has 6 heteroatoms. The lowest BCUT2D eigenvalue weighted by molar-refractivity contribution is 0.0697. The molecule has 1 heterocycles. The summed E-state index contributed by atoms with van der Waals surface area (Å²) in [4.78, 5) is 25.5. The third-order valence-corrected chi connectivity index (χ3v) is 2.93. The van der Waals surface area contributed by atoms with Crippen LogP contribution in [0.5, 0.6) is 0 Å². The number of H-pyrrole nitrogens is 1. The molecule has 0 bridgehead atoms. The Morgan fingerprint density at radius 1 is 1.45 bits per heavy atom. The average Bonchev–Trinajstić information content (AvgIpc) is 2.69. The van der Waals surface area contributed by atoms with E-state index in [1.54, 1.807) is 6.07 Å². The van der Waals surface area contributed by atoms with Crippen LogP contribution in [0.25, 0.3) is 11.0 Å². The Morgan fingerprint density at radius 2 is 2.20 bits per heavy atom. The standard InChI is InChI=1S/C14H18N2O4/c1-9(2)8-20-6-5-16-12-7-10(13(17)18)3-4-11(12)15-14(16)19/h3-4,7,9H,5-6,8H2,1-2H3,(H,15,19)(H,17,18). The first-order chi connectivity index (χ1) is 9.49. The van der Waals surface area contributed by atoms with E-state index in [9.17, 15) is 9.59 Å². The minimum absolute atomic E-state index is 0.161. The van der Waals surface area contributed by atoms with Crippen molar-refractivity contribution in [2.24, 2.45) is 5.92 Å². The topological polar surface area (TPSA) is 84.3 Å². The molecule has 2 aromatic rings. The van der Waals surface area contributed by atoms with Gasteiger partial charge in [-0.05, 0) is 24.1 Å². The zero-order chi connectivity index (χ0) is 14.7. The SMILES string of the molecule is CC(C)COCCn1c(=O)[nH]c2ccc(C(=O)O)cc21. The predicted octanol–water partition coefficient (Wildman–Crippen LogP) is 1.70. The number of aromatic amines is 1. The highest BCUT2D eigenvalue weighted by atomic mass is 16.5. The van der Waals surface area contributed by atoms with Crippen molar-refractivity contribution in [3.63, 3.8) is 0 Å². The van der Waals surface area contributed by atoms with Gasteiger partial charge < -0.3 is 14.8 Å². The second kappa shape index (κ2) is 5.92. The normalized spacial score (nSPS) is 11.3. The molecule has 0 aliphatic heterocycles. The summed E-state index contributed by atoms with van der Waals surface area (Å²) in [6.07, 6.45) is 0. The molecule has 0 aliphatic carbocycles. The van der Waals surface area contributed by atoms with Crippen LogP contribution >= 0.6 is 0 Å². The number of aromatic carboxylic acids is 1. The summed E-state index contributed by atoms with van der Waals surface area (Å²) >= 11 is 0. The fourth-order valence-corrected chi connectivity index (χ4v) is 1.98.